The molecule has 0 spiro atoms. The summed E-state index contributed by atoms with van der Waals surface area (Å²) in [5, 5.41) is 0.622. The second-order valence-electron chi connectivity index (χ2n) is 5.56. The largest absolute Gasteiger partial charge is 0.486 e. The molecule has 0 saturated carbocycles. The quantitative estimate of drug-likeness (QED) is 0.635. The van der Waals surface area contributed by atoms with E-state index in [2.05, 4.69) is 10.9 Å². The average molecular weight is 385 g/mol. The molecule has 0 bridgehead atoms. The van der Waals surface area contributed by atoms with Gasteiger partial charge in [0.25, 0.3) is 5.91 Å². The van der Waals surface area contributed by atoms with E-state index in [1.165, 1.54) is 11.3 Å². The SMILES string of the molecule is C#CCn1c(=NC(=O)c2ccc3c(c2)OCCO3)sc2cc(Cl)ccc21. The first-order chi connectivity index (χ1) is 12.7. The molecule has 1 amide bonds. The Labute approximate surface area is 158 Å². The number of hydrogen-bond donors (Lipinski definition) is 0. The molecule has 2 heterocycles. The molecule has 1 aliphatic rings. The summed E-state index contributed by atoms with van der Waals surface area (Å²) in [6.07, 6.45) is 5.48. The van der Waals surface area contributed by atoms with Crippen LogP contribution in [0.4, 0.5) is 0 Å². The van der Waals surface area contributed by atoms with Crippen LogP contribution in [-0.4, -0.2) is 23.7 Å². The van der Waals surface area contributed by atoms with Gasteiger partial charge in [0.1, 0.15) is 13.2 Å². The van der Waals surface area contributed by atoms with Crippen molar-refractivity contribution >= 4 is 39.1 Å². The molecule has 0 radical (unpaired) electrons. The molecule has 3 aromatic rings. The summed E-state index contributed by atoms with van der Waals surface area (Å²) in [7, 11) is 0. The van der Waals surface area contributed by atoms with E-state index in [1.54, 1.807) is 24.3 Å². The van der Waals surface area contributed by atoms with Crippen LogP contribution in [-0.2, 0) is 6.54 Å². The molecular formula is C19H13ClN2O3S. The lowest BCUT2D eigenvalue weighted by molar-refractivity contribution is 0.0996. The van der Waals surface area contributed by atoms with Gasteiger partial charge >= 0.3 is 0 Å². The van der Waals surface area contributed by atoms with Gasteiger partial charge in [-0.25, -0.2) is 0 Å². The number of nitrogens with zero attached hydrogens (tertiary/aromatic N) is 2. The normalized spacial score (nSPS) is 13.6. The van der Waals surface area contributed by atoms with Crippen LogP contribution in [0.1, 0.15) is 10.4 Å². The molecular weight excluding hydrogens is 372 g/mol. The first-order valence-corrected chi connectivity index (χ1v) is 9.06. The average Bonchev–Trinajstić information content (AvgIpc) is 2.98. The molecule has 0 fully saturated rings. The minimum Gasteiger partial charge on any atom is -0.486 e. The third kappa shape index (κ3) is 3.07. The number of carbonyl (C=O) groups excluding carboxylic acids is 1. The Morgan fingerprint density at radius 3 is 2.85 bits per heavy atom. The topological polar surface area (TPSA) is 52.8 Å². The van der Waals surface area contributed by atoms with Crippen molar-refractivity contribution in [1.82, 2.24) is 4.57 Å². The van der Waals surface area contributed by atoms with E-state index in [1.807, 2.05) is 16.7 Å². The number of amides is 1. The molecule has 5 nitrogen and oxygen atoms in total. The third-order valence-corrected chi connectivity index (χ3v) is 5.16. The fourth-order valence-electron chi connectivity index (χ4n) is 2.70. The fraction of sp³-hybridized carbons (Fsp3) is 0.158. The van der Waals surface area contributed by atoms with Crippen LogP contribution in [0.25, 0.3) is 10.2 Å². The highest BCUT2D eigenvalue weighted by molar-refractivity contribution is 7.16. The molecule has 2 aromatic carbocycles. The van der Waals surface area contributed by atoms with Crippen molar-refractivity contribution in [3.8, 4) is 23.8 Å². The van der Waals surface area contributed by atoms with Gasteiger partial charge in [-0.1, -0.05) is 28.9 Å². The molecule has 0 atom stereocenters. The Balaban J connectivity index is 1.79. The van der Waals surface area contributed by atoms with E-state index in [4.69, 9.17) is 27.5 Å². The number of rotatable bonds is 2. The van der Waals surface area contributed by atoms with E-state index in [-0.39, 0.29) is 5.91 Å². The molecule has 0 unspecified atom stereocenters. The van der Waals surface area contributed by atoms with Gasteiger partial charge in [-0.15, -0.1) is 6.42 Å². The number of terminal acetylenes is 1. The van der Waals surface area contributed by atoms with Gasteiger partial charge in [0.05, 0.1) is 16.8 Å². The van der Waals surface area contributed by atoms with Crippen molar-refractivity contribution in [3.05, 3.63) is 51.8 Å². The van der Waals surface area contributed by atoms with E-state index >= 15 is 0 Å². The van der Waals surface area contributed by atoms with Crippen molar-refractivity contribution in [2.45, 2.75) is 6.54 Å². The van der Waals surface area contributed by atoms with Crippen LogP contribution in [0.5, 0.6) is 11.5 Å². The van der Waals surface area contributed by atoms with Crippen LogP contribution in [0.15, 0.2) is 41.4 Å². The Morgan fingerprint density at radius 2 is 2.04 bits per heavy atom. The molecule has 7 heteroatoms. The molecule has 1 aromatic heterocycles. The van der Waals surface area contributed by atoms with Crippen molar-refractivity contribution in [2.24, 2.45) is 4.99 Å². The number of aromatic nitrogens is 1. The summed E-state index contributed by atoms with van der Waals surface area (Å²) in [6, 6.07) is 10.5. The second kappa shape index (κ2) is 6.87. The number of ether oxygens (including phenoxy) is 2. The third-order valence-electron chi connectivity index (χ3n) is 3.88. The van der Waals surface area contributed by atoms with Gasteiger partial charge in [0.2, 0.25) is 0 Å². The number of halogens is 1. The molecule has 0 aliphatic carbocycles. The van der Waals surface area contributed by atoms with Gasteiger partial charge in [-0.2, -0.15) is 4.99 Å². The summed E-state index contributed by atoms with van der Waals surface area (Å²) in [5.74, 6) is 3.41. The van der Waals surface area contributed by atoms with Crippen LogP contribution in [0, 0.1) is 12.3 Å². The number of hydrogen-bond acceptors (Lipinski definition) is 4. The number of thiazole rings is 1. The maximum atomic E-state index is 12.7. The lowest BCUT2D eigenvalue weighted by Gasteiger charge is -2.18. The van der Waals surface area contributed by atoms with Crippen molar-refractivity contribution in [3.63, 3.8) is 0 Å². The first kappa shape index (κ1) is 16.7. The minimum atomic E-state index is -0.370. The fourth-order valence-corrected chi connectivity index (χ4v) is 4.01. The number of fused-ring (bicyclic) bond motifs is 2. The van der Waals surface area contributed by atoms with Gasteiger partial charge in [0, 0.05) is 10.6 Å². The smallest absolute Gasteiger partial charge is 0.279 e. The van der Waals surface area contributed by atoms with Gasteiger partial charge < -0.3 is 14.0 Å². The predicted molar refractivity (Wildman–Crippen MR) is 101 cm³/mol. The summed E-state index contributed by atoms with van der Waals surface area (Å²) >= 11 is 7.43. The van der Waals surface area contributed by atoms with E-state index in [9.17, 15) is 4.79 Å². The second-order valence-corrected chi connectivity index (χ2v) is 7.01. The lowest BCUT2D eigenvalue weighted by atomic mass is 10.2. The Bertz CT molecular complexity index is 1120. The molecule has 0 N–H and O–H groups in total. The summed E-state index contributed by atoms with van der Waals surface area (Å²) in [5.41, 5.74) is 1.32. The summed E-state index contributed by atoms with van der Waals surface area (Å²) in [4.78, 5) is 17.5. The van der Waals surface area contributed by atoms with Crippen molar-refractivity contribution in [2.75, 3.05) is 13.2 Å². The van der Waals surface area contributed by atoms with Gasteiger partial charge in [-0.05, 0) is 36.4 Å². The zero-order valence-corrected chi connectivity index (χ0v) is 15.1. The predicted octanol–water partition coefficient (Wildman–Crippen LogP) is 3.50. The molecule has 26 heavy (non-hydrogen) atoms. The maximum absolute atomic E-state index is 12.7. The molecule has 4 rings (SSSR count). The van der Waals surface area contributed by atoms with Crippen LogP contribution < -0.4 is 14.3 Å². The first-order valence-electron chi connectivity index (χ1n) is 7.87. The van der Waals surface area contributed by atoms with E-state index < -0.39 is 0 Å². The zero-order chi connectivity index (χ0) is 18.1. The van der Waals surface area contributed by atoms with Gasteiger partial charge in [0.15, 0.2) is 16.3 Å². The van der Waals surface area contributed by atoms with Gasteiger partial charge in [-0.3, -0.25) is 4.79 Å². The summed E-state index contributed by atoms with van der Waals surface area (Å²) < 4.78 is 13.7. The highest BCUT2D eigenvalue weighted by atomic mass is 35.5. The number of carbonyl (C=O) groups is 1. The van der Waals surface area contributed by atoms with E-state index in [0.29, 0.717) is 46.6 Å². The standard InChI is InChI=1S/C19H13ClN2O3S/c1-2-7-22-14-5-4-13(20)11-17(14)26-19(22)21-18(23)12-3-6-15-16(10-12)25-9-8-24-15/h1,3-6,10-11H,7-9H2. The number of benzene rings is 2. The maximum Gasteiger partial charge on any atom is 0.279 e. The van der Waals surface area contributed by atoms with E-state index in [0.717, 1.165) is 10.2 Å². The zero-order valence-electron chi connectivity index (χ0n) is 13.6. The molecule has 1 aliphatic heterocycles. The lowest BCUT2D eigenvalue weighted by Crippen LogP contribution is -2.17. The van der Waals surface area contributed by atoms with Crippen LogP contribution in [0.3, 0.4) is 0 Å². The van der Waals surface area contributed by atoms with Crippen molar-refractivity contribution < 1.29 is 14.3 Å². The Hall–Kier alpha value is -2.75. The Kier molecular flexibility index (Phi) is 4.41. The monoisotopic (exact) mass is 384 g/mol. The Morgan fingerprint density at radius 1 is 1.23 bits per heavy atom. The summed E-state index contributed by atoms with van der Waals surface area (Å²) in [6.45, 7) is 1.27. The van der Waals surface area contributed by atoms with Crippen LogP contribution in [0.2, 0.25) is 5.02 Å². The molecule has 0 saturated heterocycles. The molecule has 130 valence electrons. The van der Waals surface area contributed by atoms with Crippen LogP contribution >= 0.6 is 22.9 Å². The highest BCUT2D eigenvalue weighted by Crippen LogP contribution is 2.31. The minimum absolute atomic E-state index is 0.314. The van der Waals surface area contributed by atoms with Crippen molar-refractivity contribution in [1.29, 1.82) is 0 Å². The highest BCUT2D eigenvalue weighted by Gasteiger charge is 2.15.